The second-order valence-corrected chi connectivity index (χ2v) is 10.2. The molecule has 0 atom stereocenters. The summed E-state index contributed by atoms with van der Waals surface area (Å²) in [6.07, 6.45) is 2.29. The number of aromatic nitrogens is 2. The van der Waals surface area contributed by atoms with E-state index in [2.05, 4.69) is 20.6 Å². The lowest BCUT2D eigenvalue weighted by molar-refractivity contribution is 0.0785. The van der Waals surface area contributed by atoms with Crippen molar-refractivity contribution in [1.29, 1.82) is 0 Å². The van der Waals surface area contributed by atoms with Crippen LogP contribution in [0.1, 0.15) is 49.1 Å². The highest BCUT2D eigenvalue weighted by Gasteiger charge is 2.19. The van der Waals surface area contributed by atoms with Gasteiger partial charge in [0.15, 0.2) is 0 Å². The number of thiazole rings is 1. The lowest BCUT2D eigenvalue weighted by Crippen LogP contribution is -2.29. The van der Waals surface area contributed by atoms with Gasteiger partial charge in [-0.05, 0) is 62.7 Å². The zero-order chi connectivity index (χ0) is 27.8. The van der Waals surface area contributed by atoms with Gasteiger partial charge in [-0.3, -0.25) is 9.59 Å². The predicted octanol–water partition coefficient (Wildman–Crippen LogP) is 4.61. The van der Waals surface area contributed by atoms with Gasteiger partial charge in [-0.2, -0.15) is 0 Å². The molecule has 2 amide bonds. The summed E-state index contributed by atoms with van der Waals surface area (Å²) in [6.45, 7) is 6.05. The first-order valence-electron chi connectivity index (χ1n) is 12.7. The van der Waals surface area contributed by atoms with Gasteiger partial charge in [0.25, 0.3) is 11.8 Å². The SMILES string of the molecule is COc1cccc(CNCCCNC(=O)c2cc(C(=O)N(C)Cc3nc(C)cs3)cc(-c3nc(C)co3)c2)c1. The van der Waals surface area contributed by atoms with Crippen LogP contribution in [0.15, 0.2) is 58.5 Å². The Balaban J connectivity index is 1.39. The maximum Gasteiger partial charge on any atom is 0.254 e. The number of benzene rings is 2. The molecular formula is C29H33N5O4S. The summed E-state index contributed by atoms with van der Waals surface area (Å²) in [5, 5.41) is 9.13. The Morgan fingerprint density at radius 3 is 2.59 bits per heavy atom. The number of oxazole rings is 1. The fraction of sp³-hybridized carbons (Fsp3) is 0.310. The van der Waals surface area contributed by atoms with Crippen molar-refractivity contribution in [3.05, 3.63) is 87.2 Å². The van der Waals surface area contributed by atoms with Crippen LogP contribution in [0.2, 0.25) is 0 Å². The molecule has 9 nitrogen and oxygen atoms in total. The standard InChI is InChI=1S/C29H33N5O4S/c1-19-17-38-28(33-19)23-12-22(13-24(14-23)29(36)34(3)16-26-32-20(2)18-39-26)27(35)31-10-6-9-30-15-21-7-5-8-25(11-21)37-4/h5,7-8,11-14,17-18,30H,6,9-10,15-16H2,1-4H3,(H,31,35). The molecule has 10 heteroatoms. The van der Waals surface area contributed by atoms with Crippen LogP contribution in [-0.2, 0) is 13.1 Å². The Morgan fingerprint density at radius 2 is 1.87 bits per heavy atom. The van der Waals surface area contributed by atoms with E-state index in [9.17, 15) is 9.59 Å². The van der Waals surface area contributed by atoms with Crippen LogP contribution in [0.5, 0.6) is 5.75 Å². The number of hydrogen-bond donors (Lipinski definition) is 2. The molecule has 2 N–H and O–H groups in total. The van der Waals surface area contributed by atoms with E-state index in [1.165, 1.54) is 11.3 Å². The first-order valence-corrected chi connectivity index (χ1v) is 13.6. The van der Waals surface area contributed by atoms with Crippen molar-refractivity contribution < 1.29 is 18.7 Å². The van der Waals surface area contributed by atoms with Gasteiger partial charge in [0.1, 0.15) is 17.0 Å². The van der Waals surface area contributed by atoms with Crippen molar-refractivity contribution in [3.63, 3.8) is 0 Å². The van der Waals surface area contributed by atoms with Gasteiger partial charge >= 0.3 is 0 Å². The van der Waals surface area contributed by atoms with E-state index in [1.54, 1.807) is 43.5 Å². The number of nitrogens with zero attached hydrogens (tertiary/aromatic N) is 3. The summed E-state index contributed by atoms with van der Waals surface area (Å²) in [5.74, 6) is 0.700. The molecule has 0 spiro atoms. The largest absolute Gasteiger partial charge is 0.497 e. The third-order valence-corrected chi connectivity index (χ3v) is 6.92. The third-order valence-electron chi connectivity index (χ3n) is 5.97. The van der Waals surface area contributed by atoms with Crippen LogP contribution in [0, 0.1) is 13.8 Å². The maximum atomic E-state index is 13.3. The van der Waals surface area contributed by atoms with Crippen LogP contribution in [0.25, 0.3) is 11.5 Å². The second-order valence-electron chi connectivity index (χ2n) is 9.27. The number of aryl methyl sites for hydroxylation is 2. The van der Waals surface area contributed by atoms with E-state index in [1.807, 2.05) is 43.5 Å². The van der Waals surface area contributed by atoms with Gasteiger partial charge < -0.3 is 24.7 Å². The molecule has 0 aliphatic rings. The molecule has 0 saturated heterocycles. The Labute approximate surface area is 232 Å². The summed E-state index contributed by atoms with van der Waals surface area (Å²) in [5.41, 5.74) is 4.08. The zero-order valence-electron chi connectivity index (χ0n) is 22.6. The molecule has 0 aliphatic heterocycles. The quantitative estimate of drug-likeness (QED) is 0.249. The first kappa shape index (κ1) is 28.0. The molecule has 39 heavy (non-hydrogen) atoms. The van der Waals surface area contributed by atoms with Crippen LogP contribution in [-0.4, -0.2) is 53.9 Å². The maximum absolute atomic E-state index is 13.3. The number of rotatable bonds is 12. The minimum absolute atomic E-state index is 0.219. The van der Waals surface area contributed by atoms with E-state index in [4.69, 9.17) is 9.15 Å². The molecule has 0 unspecified atom stereocenters. The van der Waals surface area contributed by atoms with E-state index in [0.717, 1.165) is 35.0 Å². The molecule has 2 aromatic heterocycles. The van der Waals surface area contributed by atoms with Crippen molar-refractivity contribution in [2.24, 2.45) is 0 Å². The number of nitrogens with one attached hydrogen (secondary N) is 2. The van der Waals surface area contributed by atoms with Crippen LogP contribution >= 0.6 is 11.3 Å². The van der Waals surface area contributed by atoms with Crippen LogP contribution in [0.3, 0.4) is 0 Å². The highest BCUT2D eigenvalue weighted by Crippen LogP contribution is 2.24. The lowest BCUT2D eigenvalue weighted by atomic mass is 10.0. The van der Waals surface area contributed by atoms with Gasteiger partial charge in [0, 0.05) is 47.9 Å². The zero-order valence-corrected chi connectivity index (χ0v) is 23.4. The van der Waals surface area contributed by atoms with Crippen molar-refractivity contribution >= 4 is 23.2 Å². The van der Waals surface area contributed by atoms with Crippen molar-refractivity contribution in [2.45, 2.75) is 33.4 Å². The van der Waals surface area contributed by atoms with E-state index in [-0.39, 0.29) is 11.8 Å². The average Bonchev–Trinajstić information content (AvgIpc) is 3.57. The summed E-state index contributed by atoms with van der Waals surface area (Å²) in [7, 11) is 3.37. The van der Waals surface area contributed by atoms with Gasteiger partial charge in [0.05, 0.1) is 19.3 Å². The molecule has 0 saturated carbocycles. The topological polar surface area (TPSA) is 110 Å². The Morgan fingerprint density at radius 1 is 1.05 bits per heavy atom. The summed E-state index contributed by atoms with van der Waals surface area (Å²) in [4.78, 5) is 36.8. The smallest absolute Gasteiger partial charge is 0.254 e. The molecule has 4 aromatic rings. The predicted molar refractivity (Wildman–Crippen MR) is 151 cm³/mol. The number of methoxy groups -OCH3 is 1. The highest BCUT2D eigenvalue weighted by atomic mass is 32.1. The fourth-order valence-corrected chi connectivity index (χ4v) is 4.82. The molecule has 2 aromatic carbocycles. The molecule has 0 radical (unpaired) electrons. The van der Waals surface area contributed by atoms with Crippen molar-refractivity contribution in [2.75, 3.05) is 27.2 Å². The number of carbonyl (C=O) groups excluding carboxylic acids is 2. The number of amides is 2. The molecular weight excluding hydrogens is 514 g/mol. The second kappa shape index (κ2) is 13.2. The van der Waals surface area contributed by atoms with E-state index in [0.29, 0.717) is 47.9 Å². The molecule has 0 bridgehead atoms. The lowest BCUT2D eigenvalue weighted by Gasteiger charge is -2.17. The third kappa shape index (κ3) is 7.75. The number of hydrogen-bond acceptors (Lipinski definition) is 8. The van der Waals surface area contributed by atoms with Gasteiger partial charge in [-0.15, -0.1) is 11.3 Å². The van der Waals surface area contributed by atoms with Crippen molar-refractivity contribution in [1.82, 2.24) is 25.5 Å². The Bertz CT molecular complexity index is 1430. The minimum atomic E-state index is -0.264. The summed E-state index contributed by atoms with van der Waals surface area (Å²) in [6, 6.07) is 12.9. The first-order chi connectivity index (χ1) is 18.8. The highest BCUT2D eigenvalue weighted by molar-refractivity contribution is 7.09. The molecule has 2 heterocycles. The Kier molecular flexibility index (Phi) is 9.45. The van der Waals surface area contributed by atoms with Gasteiger partial charge in [-0.1, -0.05) is 12.1 Å². The molecule has 0 fully saturated rings. The molecule has 0 aliphatic carbocycles. The minimum Gasteiger partial charge on any atom is -0.497 e. The number of carbonyl (C=O) groups is 2. The average molecular weight is 548 g/mol. The van der Waals surface area contributed by atoms with E-state index >= 15 is 0 Å². The monoisotopic (exact) mass is 547 g/mol. The van der Waals surface area contributed by atoms with Crippen LogP contribution < -0.4 is 15.4 Å². The van der Waals surface area contributed by atoms with Crippen LogP contribution in [0.4, 0.5) is 0 Å². The molecule has 4 rings (SSSR count). The van der Waals surface area contributed by atoms with Gasteiger partial charge in [0.2, 0.25) is 5.89 Å². The summed E-state index contributed by atoms with van der Waals surface area (Å²) < 4.78 is 10.8. The molecule has 204 valence electrons. The van der Waals surface area contributed by atoms with E-state index < -0.39 is 0 Å². The normalized spacial score (nSPS) is 10.9. The van der Waals surface area contributed by atoms with Gasteiger partial charge in [-0.25, -0.2) is 9.97 Å². The summed E-state index contributed by atoms with van der Waals surface area (Å²) >= 11 is 1.51. The fourth-order valence-electron chi connectivity index (χ4n) is 4.00. The van der Waals surface area contributed by atoms with Crippen molar-refractivity contribution in [3.8, 4) is 17.2 Å². The number of ether oxygens (including phenoxy) is 1. The Hall–Kier alpha value is -4.02.